The summed E-state index contributed by atoms with van der Waals surface area (Å²) in [5, 5.41) is 16.8. The second-order valence-corrected chi connectivity index (χ2v) is 9.49. The molecule has 3 N–H and O–H groups in total. The first-order valence-corrected chi connectivity index (χ1v) is 11.6. The molecule has 1 aliphatic rings. The number of sulfonamides is 1. The molecule has 0 radical (unpaired) electrons. The first kappa shape index (κ1) is 25.6. The zero-order valence-corrected chi connectivity index (χ0v) is 21.0. The highest BCUT2D eigenvalue weighted by Gasteiger charge is 2.27. The van der Waals surface area contributed by atoms with E-state index in [9.17, 15) is 13.5 Å². The monoisotopic (exact) mass is 562 g/mol. The van der Waals surface area contributed by atoms with Gasteiger partial charge in [-0.05, 0) is 56.5 Å². The SMILES string of the molecule is CCNC(=NCc1ccc(S(=O)(=O)N2CCCC2)cc1)NCC(C)(O)c1ccco1.I. The highest BCUT2D eigenvalue weighted by Crippen LogP contribution is 2.21. The maximum atomic E-state index is 12.6. The molecule has 0 aliphatic carbocycles. The summed E-state index contributed by atoms with van der Waals surface area (Å²) in [6.45, 7) is 6.08. The van der Waals surface area contributed by atoms with Crippen molar-refractivity contribution in [3.63, 3.8) is 0 Å². The highest BCUT2D eigenvalue weighted by atomic mass is 127. The van der Waals surface area contributed by atoms with Gasteiger partial charge in [0.15, 0.2) is 5.96 Å². The Balaban J connectivity index is 0.00000341. The molecule has 8 nitrogen and oxygen atoms in total. The summed E-state index contributed by atoms with van der Waals surface area (Å²) in [6, 6.07) is 10.3. The lowest BCUT2D eigenvalue weighted by Crippen LogP contribution is -2.44. The fourth-order valence-corrected chi connectivity index (χ4v) is 4.80. The van der Waals surface area contributed by atoms with Crippen LogP contribution < -0.4 is 10.6 Å². The van der Waals surface area contributed by atoms with Crippen molar-refractivity contribution in [2.24, 2.45) is 4.99 Å². The number of halogens is 1. The molecule has 0 saturated carbocycles. The molecule has 2 aromatic rings. The molecule has 172 valence electrons. The van der Waals surface area contributed by atoms with Crippen LogP contribution in [0.5, 0.6) is 0 Å². The average Bonchev–Trinajstić information content (AvgIpc) is 3.45. The van der Waals surface area contributed by atoms with Crippen LogP contribution in [0.15, 0.2) is 57.0 Å². The average molecular weight is 562 g/mol. The standard InChI is InChI=1S/C21H30N4O4S.HI/c1-3-22-20(24-16-21(2,26)19-7-6-14-29-19)23-15-17-8-10-18(11-9-17)30(27,28)25-12-4-5-13-25;/h6-11,14,26H,3-5,12-13,15-16H2,1-2H3,(H2,22,23,24);1H. The van der Waals surface area contributed by atoms with Crippen molar-refractivity contribution in [2.75, 3.05) is 26.2 Å². The van der Waals surface area contributed by atoms with Gasteiger partial charge in [-0.1, -0.05) is 12.1 Å². The fraction of sp³-hybridized carbons (Fsp3) is 0.476. The summed E-state index contributed by atoms with van der Waals surface area (Å²) in [6.07, 6.45) is 3.36. The molecule has 1 saturated heterocycles. The number of furan rings is 1. The van der Waals surface area contributed by atoms with E-state index in [1.165, 1.54) is 10.6 Å². The second-order valence-electron chi connectivity index (χ2n) is 7.56. The quantitative estimate of drug-likeness (QED) is 0.260. The smallest absolute Gasteiger partial charge is 0.243 e. The minimum Gasteiger partial charge on any atom is -0.466 e. The molecule has 3 rings (SSSR count). The van der Waals surface area contributed by atoms with Gasteiger partial charge in [0.2, 0.25) is 10.0 Å². The fourth-order valence-electron chi connectivity index (χ4n) is 3.28. The van der Waals surface area contributed by atoms with Gasteiger partial charge in [0.1, 0.15) is 11.4 Å². The topological polar surface area (TPSA) is 107 Å². The molecule has 1 fully saturated rings. The second kappa shape index (κ2) is 11.3. The summed E-state index contributed by atoms with van der Waals surface area (Å²) < 4.78 is 32.1. The Bertz CT molecular complexity index is 938. The molecule has 0 spiro atoms. The summed E-state index contributed by atoms with van der Waals surface area (Å²) in [7, 11) is -3.41. The van der Waals surface area contributed by atoms with Crippen LogP contribution >= 0.6 is 24.0 Å². The number of nitrogens with zero attached hydrogens (tertiary/aromatic N) is 2. The van der Waals surface area contributed by atoms with Crippen LogP contribution in [0.1, 0.15) is 38.0 Å². The number of benzene rings is 1. The van der Waals surface area contributed by atoms with Gasteiger partial charge in [-0.2, -0.15) is 4.31 Å². The van der Waals surface area contributed by atoms with Crippen LogP contribution in [0.4, 0.5) is 0 Å². The summed E-state index contributed by atoms with van der Waals surface area (Å²) >= 11 is 0. The number of aliphatic imine (C=N–C) groups is 1. The van der Waals surface area contributed by atoms with Gasteiger partial charge >= 0.3 is 0 Å². The third-order valence-corrected chi connectivity index (χ3v) is 6.96. The Morgan fingerprint density at radius 3 is 2.45 bits per heavy atom. The zero-order chi connectivity index (χ0) is 21.6. The van der Waals surface area contributed by atoms with Crippen molar-refractivity contribution >= 4 is 40.0 Å². The molecule has 2 heterocycles. The normalized spacial score (nSPS) is 17.1. The van der Waals surface area contributed by atoms with Crippen molar-refractivity contribution in [2.45, 2.75) is 43.7 Å². The molecule has 31 heavy (non-hydrogen) atoms. The first-order valence-electron chi connectivity index (χ1n) is 10.2. The van der Waals surface area contributed by atoms with Crippen molar-refractivity contribution in [1.29, 1.82) is 0 Å². The van der Waals surface area contributed by atoms with Crippen LogP contribution in [0.3, 0.4) is 0 Å². The summed E-state index contributed by atoms with van der Waals surface area (Å²) in [5.41, 5.74) is -0.281. The Kier molecular flexibility index (Phi) is 9.34. The maximum Gasteiger partial charge on any atom is 0.243 e. The Labute approximate surface area is 201 Å². The van der Waals surface area contributed by atoms with E-state index in [0.717, 1.165) is 18.4 Å². The Hall–Kier alpha value is -1.63. The molecular weight excluding hydrogens is 531 g/mol. The molecule has 1 aromatic carbocycles. The lowest BCUT2D eigenvalue weighted by atomic mass is 10.0. The molecule has 10 heteroatoms. The highest BCUT2D eigenvalue weighted by molar-refractivity contribution is 14.0. The number of hydrogen-bond acceptors (Lipinski definition) is 5. The van der Waals surface area contributed by atoms with Crippen LogP contribution in [0.25, 0.3) is 0 Å². The van der Waals surface area contributed by atoms with Crippen molar-refractivity contribution in [3.8, 4) is 0 Å². The molecule has 1 unspecified atom stereocenters. The van der Waals surface area contributed by atoms with Gasteiger partial charge in [0.25, 0.3) is 0 Å². The minimum absolute atomic E-state index is 0. The molecule has 0 bridgehead atoms. The van der Waals surface area contributed by atoms with Crippen molar-refractivity contribution in [1.82, 2.24) is 14.9 Å². The van der Waals surface area contributed by atoms with Crippen LogP contribution in [0, 0.1) is 0 Å². The predicted molar refractivity (Wildman–Crippen MR) is 131 cm³/mol. The van der Waals surface area contributed by atoms with Crippen molar-refractivity contribution in [3.05, 3.63) is 54.0 Å². The molecule has 1 aromatic heterocycles. The van der Waals surface area contributed by atoms with Gasteiger partial charge in [0, 0.05) is 19.6 Å². The van der Waals surface area contributed by atoms with E-state index in [1.807, 2.05) is 6.92 Å². The third kappa shape index (κ3) is 6.67. The lowest BCUT2D eigenvalue weighted by molar-refractivity contribution is 0.0386. The van der Waals surface area contributed by atoms with Gasteiger partial charge in [-0.25, -0.2) is 13.4 Å². The number of rotatable bonds is 8. The van der Waals surface area contributed by atoms with E-state index in [-0.39, 0.29) is 30.5 Å². The van der Waals surface area contributed by atoms with Crippen molar-refractivity contribution < 1.29 is 17.9 Å². The summed E-state index contributed by atoms with van der Waals surface area (Å²) in [5.74, 6) is 1.03. The Morgan fingerprint density at radius 1 is 1.19 bits per heavy atom. The Morgan fingerprint density at radius 2 is 1.87 bits per heavy atom. The van der Waals surface area contributed by atoms with E-state index >= 15 is 0 Å². The van der Waals surface area contributed by atoms with Gasteiger partial charge in [0.05, 0.1) is 24.2 Å². The van der Waals surface area contributed by atoms with Gasteiger partial charge in [-0.15, -0.1) is 24.0 Å². The van der Waals surface area contributed by atoms with E-state index in [2.05, 4.69) is 15.6 Å². The summed E-state index contributed by atoms with van der Waals surface area (Å²) in [4.78, 5) is 4.85. The maximum absolute atomic E-state index is 12.6. The minimum atomic E-state index is -3.41. The van der Waals surface area contributed by atoms with E-state index in [0.29, 0.717) is 42.8 Å². The van der Waals surface area contributed by atoms with E-state index in [4.69, 9.17) is 4.42 Å². The van der Waals surface area contributed by atoms with E-state index < -0.39 is 15.6 Å². The largest absolute Gasteiger partial charge is 0.466 e. The number of guanidine groups is 1. The third-order valence-electron chi connectivity index (χ3n) is 5.04. The molecule has 1 atom stereocenters. The van der Waals surface area contributed by atoms with E-state index in [1.54, 1.807) is 43.3 Å². The number of nitrogens with one attached hydrogen (secondary N) is 2. The van der Waals surface area contributed by atoms with Gasteiger partial charge in [-0.3, -0.25) is 0 Å². The zero-order valence-electron chi connectivity index (χ0n) is 17.9. The molecule has 0 amide bonds. The number of aliphatic hydroxyl groups is 1. The van der Waals surface area contributed by atoms with Crippen LogP contribution in [-0.4, -0.2) is 50.0 Å². The van der Waals surface area contributed by atoms with Crippen LogP contribution in [-0.2, 0) is 22.2 Å². The first-order chi connectivity index (χ1) is 14.3. The predicted octanol–water partition coefficient (Wildman–Crippen LogP) is 2.64. The number of hydrogen-bond donors (Lipinski definition) is 3. The molecular formula is C21H31IN4O4S. The molecule has 1 aliphatic heterocycles. The van der Waals surface area contributed by atoms with Crippen LogP contribution in [0.2, 0.25) is 0 Å². The van der Waals surface area contributed by atoms with Gasteiger partial charge < -0.3 is 20.2 Å². The lowest BCUT2D eigenvalue weighted by Gasteiger charge is -2.22.